The van der Waals surface area contributed by atoms with E-state index in [-0.39, 0.29) is 13.0 Å². The first kappa shape index (κ1) is 21.2. The van der Waals surface area contributed by atoms with Gasteiger partial charge in [0.15, 0.2) is 0 Å². The molecule has 5 rings (SSSR count). The molecule has 0 saturated carbocycles. The van der Waals surface area contributed by atoms with Crippen LogP contribution in [-0.4, -0.2) is 43.6 Å². The fourth-order valence-corrected chi connectivity index (χ4v) is 4.15. The summed E-state index contributed by atoms with van der Waals surface area (Å²) in [5, 5.41) is 19.9. The van der Waals surface area contributed by atoms with E-state index in [4.69, 9.17) is 9.47 Å². The number of nitrogens with one attached hydrogen (secondary N) is 2. The van der Waals surface area contributed by atoms with Crippen molar-refractivity contribution >= 4 is 11.0 Å². The molecular weight excluding hydrogens is 426 g/mol. The van der Waals surface area contributed by atoms with Crippen LogP contribution in [0.15, 0.2) is 70.4 Å². The lowest BCUT2D eigenvalue weighted by Gasteiger charge is -2.14. The first-order valence-electron chi connectivity index (χ1n) is 10.6. The van der Waals surface area contributed by atoms with Crippen LogP contribution in [-0.2, 0) is 11.3 Å². The number of nitrogens with zero attached hydrogens (tertiary/aromatic N) is 1. The number of aromatic amines is 2. The van der Waals surface area contributed by atoms with Crippen LogP contribution in [0.1, 0.15) is 18.2 Å². The van der Waals surface area contributed by atoms with Crippen LogP contribution in [0.4, 0.5) is 0 Å². The van der Waals surface area contributed by atoms with Gasteiger partial charge in [0.2, 0.25) is 0 Å². The Morgan fingerprint density at radius 1 is 1.06 bits per heavy atom. The van der Waals surface area contributed by atoms with E-state index in [1.807, 2.05) is 54.6 Å². The van der Waals surface area contributed by atoms with Gasteiger partial charge in [0.25, 0.3) is 5.56 Å². The topological polar surface area (TPSA) is 130 Å². The van der Waals surface area contributed by atoms with Gasteiger partial charge in [-0.15, -0.1) is 0 Å². The monoisotopic (exact) mass is 449 g/mol. The molecule has 1 aliphatic heterocycles. The Labute approximate surface area is 187 Å². The lowest BCUT2D eigenvalue weighted by atomic mass is 10.1. The predicted octanol–water partition coefficient (Wildman–Crippen LogP) is 1.90. The highest BCUT2D eigenvalue weighted by Gasteiger charge is 2.35. The van der Waals surface area contributed by atoms with E-state index in [9.17, 15) is 19.8 Å². The minimum Gasteiger partial charge on any atom is -0.489 e. The molecule has 170 valence electrons. The van der Waals surface area contributed by atoms with Gasteiger partial charge in [0.1, 0.15) is 30.3 Å². The minimum absolute atomic E-state index is 0.218. The van der Waals surface area contributed by atoms with Crippen molar-refractivity contribution < 1.29 is 19.7 Å². The number of hydrogen-bond acceptors (Lipinski definition) is 6. The van der Waals surface area contributed by atoms with E-state index in [1.165, 1.54) is 0 Å². The molecule has 2 aromatic carbocycles. The lowest BCUT2D eigenvalue weighted by Crippen LogP contribution is -2.24. The Kier molecular flexibility index (Phi) is 5.59. The number of ether oxygens (including phenoxy) is 2. The Bertz CT molecular complexity index is 1370. The summed E-state index contributed by atoms with van der Waals surface area (Å²) in [6.45, 7) is 0.110. The Morgan fingerprint density at radius 3 is 2.52 bits per heavy atom. The van der Waals surface area contributed by atoms with Crippen molar-refractivity contribution in [3.05, 3.63) is 87.2 Å². The van der Waals surface area contributed by atoms with Crippen LogP contribution >= 0.6 is 0 Å². The number of H-pyrrole nitrogens is 2. The number of aliphatic hydroxyl groups excluding tert-OH is 2. The molecule has 0 radical (unpaired) electrons. The standard InChI is InChI=1S/C24H23N3O6/c28-12-19-18(29)10-20(33-19)27-11-17(21-22(27)25-24(31)26-23(21)30)15-6-8-16(9-7-15)32-13-14-4-2-1-3-5-14/h1-9,11,18-20,28-29H,10,12-13H2,(H2,25,26,30,31)/t18-,19+,20+/m0/s1. The number of benzene rings is 2. The largest absolute Gasteiger partial charge is 0.489 e. The number of fused-ring (bicyclic) bond motifs is 1. The molecule has 0 bridgehead atoms. The highest BCUT2D eigenvalue weighted by molar-refractivity contribution is 5.93. The summed E-state index contributed by atoms with van der Waals surface area (Å²) in [4.78, 5) is 29.6. The summed E-state index contributed by atoms with van der Waals surface area (Å²) in [6.07, 6.45) is -0.289. The van der Waals surface area contributed by atoms with Gasteiger partial charge in [-0.05, 0) is 23.3 Å². The maximum absolute atomic E-state index is 12.7. The molecule has 1 saturated heterocycles. The molecule has 9 nitrogen and oxygen atoms in total. The van der Waals surface area contributed by atoms with E-state index in [1.54, 1.807) is 10.8 Å². The van der Waals surface area contributed by atoms with Crippen molar-refractivity contribution in [3.8, 4) is 16.9 Å². The summed E-state index contributed by atoms with van der Waals surface area (Å²) in [5.74, 6) is 0.682. The molecule has 1 fully saturated rings. The van der Waals surface area contributed by atoms with Gasteiger partial charge < -0.3 is 24.3 Å². The van der Waals surface area contributed by atoms with Gasteiger partial charge >= 0.3 is 5.69 Å². The Balaban J connectivity index is 1.49. The average Bonchev–Trinajstić information content (AvgIpc) is 3.39. The smallest absolute Gasteiger partial charge is 0.327 e. The Hall–Kier alpha value is -3.66. The van der Waals surface area contributed by atoms with Crippen molar-refractivity contribution in [1.29, 1.82) is 0 Å². The molecule has 4 aromatic rings. The van der Waals surface area contributed by atoms with Crippen LogP contribution in [0, 0.1) is 0 Å². The molecule has 0 amide bonds. The lowest BCUT2D eigenvalue weighted by molar-refractivity contribution is -0.0430. The molecular formula is C24H23N3O6. The highest BCUT2D eigenvalue weighted by atomic mass is 16.5. The van der Waals surface area contributed by atoms with E-state index in [0.717, 1.165) is 11.1 Å². The van der Waals surface area contributed by atoms with Gasteiger partial charge in [0, 0.05) is 18.2 Å². The predicted molar refractivity (Wildman–Crippen MR) is 121 cm³/mol. The third kappa shape index (κ3) is 4.09. The van der Waals surface area contributed by atoms with Crippen LogP contribution in [0.2, 0.25) is 0 Å². The summed E-state index contributed by atoms with van der Waals surface area (Å²) < 4.78 is 13.2. The molecule has 0 unspecified atom stereocenters. The maximum Gasteiger partial charge on any atom is 0.327 e. The minimum atomic E-state index is -0.851. The third-order valence-corrected chi connectivity index (χ3v) is 5.83. The molecule has 0 spiro atoms. The van der Waals surface area contributed by atoms with Crippen molar-refractivity contribution in [1.82, 2.24) is 14.5 Å². The molecule has 9 heteroatoms. The maximum atomic E-state index is 12.7. The van der Waals surface area contributed by atoms with Gasteiger partial charge in [-0.25, -0.2) is 4.79 Å². The number of hydrogen-bond donors (Lipinski definition) is 4. The summed E-state index contributed by atoms with van der Waals surface area (Å²) in [6, 6.07) is 17.1. The van der Waals surface area contributed by atoms with Crippen molar-refractivity contribution in [2.24, 2.45) is 0 Å². The summed E-state index contributed by atoms with van der Waals surface area (Å²) in [7, 11) is 0. The zero-order valence-corrected chi connectivity index (χ0v) is 17.6. The number of aromatic nitrogens is 3. The molecule has 0 aliphatic carbocycles. The van der Waals surface area contributed by atoms with Crippen LogP contribution < -0.4 is 16.0 Å². The van der Waals surface area contributed by atoms with Crippen molar-refractivity contribution in [3.63, 3.8) is 0 Å². The van der Waals surface area contributed by atoms with E-state index in [2.05, 4.69) is 9.97 Å². The molecule has 1 aliphatic rings. The fraction of sp³-hybridized carbons (Fsp3) is 0.250. The first-order valence-corrected chi connectivity index (χ1v) is 10.6. The Morgan fingerprint density at radius 2 is 1.82 bits per heavy atom. The van der Waals surface area contributed by atoms with E-state index < -0.39 is 29.7 Å². The van der Waals surface area contributed by atoms with Gasteiger partial charge in [-0.2, -0.15) is 0 Å². The molecule has 2 aromatic heterocycles. The van der Waals surface area contributed by atoms with Crippen molar-refractivity contribution in [2.75, 3.05) is 6.61 Å². The highest BCUT2D eigenvalue weighted by Crippen LogP contribution is 2.35. The van der Waals surface area contributed by atoms with Crippen LogP contribution in [0.5, 0.6) is 5.75 Å². The van der Waals surface area contributed by atoms with Gasteiger partial charge in [-0.3, -0.25) is 14.8 Å². The number of aliphatic hydroxyl groups is 2. The molecule has 3 heterocycles. The second-order valence-electron chi connectivity index (χ2n) is 8.00. The zero-order chi connectivity index (χ0) is 22.9. The SMILES string of the molecule is O=c1[nH]c(=O)c2c(-c3ccc(OCc4ccccc4)cc3)cn([C@H]3C[C@H](O)[C@@H](CO)O3)c2[nH]1. The van der Waals surface area contributed by atoms with Crippen molar-refractivity contribution in [2.45, 2.75) is 31.5 Å². The molecule has 33 heavy (non-hydrogen) atoms. The average molecular weight is 449 g/mol. The van der Waals surface area contributed by atoms with Crippen LogP contribution in [0.3, 0.4) is 0 Å². The first-order chi connectivity index (χ1) is 16.0. The molecule has 4 N–H and O–H groups in total. The third-order valence-electron chi connectivity index (χ3n) is 5.83. The van der Waals surface area contributed by atoms with E-state index in [0.29, 0.717) is 29.0 Å². The van der Waals surface area contributed by atoms with Gasteiger partial charge in [0.05, 0.1) is 18.1 Å². The van der Waals surface area contributed by atoms with Crippen LogP contribution in [0.25, 0.3) is 22.2 Å². The number of rotatable bonds is 6. The zero-order valence-electron chi connectivity index (χ0n) is 17.6. The normalized spacial score (nSPS) is 20.4. The van der Waals surface area contributed by atoms with E-state index >= 15 is 0 Å². The summed E-state index contributed by atoms with van der Waals surface area (Å²) in [5.41, 5.74) is 1.53. The second-order valence-corrected chi connectivity index (χ2v) is 8.00. The second kappa shape index (κ2) is 8.70. The summed E-state index contributed by atoms with van der Waals surface area (Å²) >= 11 is 0. The molecule has 3 atom stereocenters. The fourth-order valence-electron chi connectivity index (χ4n) is 4.15. The van der Waals surface area contributed by atoms with Gasteiger partial charge in [-0.1, -0.05) is 42.5 Å². The quantitative estimate of drug-likeness (QED) is 0.356.